The highest BCUT2D eigenvalue weighted by Crippen LogP contribution is 2.24. The quantitative estimate of drug-likeness (QED) is 0.785. The van der Waals surface area contributed by atoms with Gasteiger partial charge in [-0.2, -0.15) is 5.10 Å². The Hall–Kier alpha value is -2.37. The Morgan fingerprint density at radius 3 is 2.64 bits per heavy atom. The zero-order chi connectivity index (χ0) is 17.2. The fraction of sp³-hybridized carbons (Fsp3) is 0.263. The topological polar surface area (TPSA) is 52.2 Å². The second-order valence-corrected chi connectivity index (χ2v) is 6.68. The number of hydrogen-bond acceptors (Lipinski definition) is 4. The number of nitrogens with zero attached hydrogens (tertiary/aromatic N) is 3. The second kappa shape index (κ2) is 6.86. The Balaban J connectivity index is 1.47. The molecule has 0 aliphatic carbocycles. The van der Waals surface area contributed by atoms with Crippen molar-refractivity contribution in [2.45, 2.75) is 6.54 Å². The van der Waals surface area contributed by atoms with Gasteiger partial charge in [0, 0.05) is 32.7 Å². The van der Waals surface area contributed by atoms with Gasteiger partial charge in [0.25, 0.3) is 5.56 Å². The zero-order valence-electron chi connectivity index (χ0n) is 13.8. The van der Waals surface area contributed by atoms with Gasteiger partial charge >= 0.3 is 0 Å². The van der Waals surface area contributed by atoms with E-state index in [0.717, 1.165) is 38.4 Å². The van der Waals surface area contributed by atoms with Crippen molar-refractivity contribution in [1.82, 2.24) is 15.1 Å². The van der Waals surface area contributed by atoms with Gasteiger partial charge in [0.15, 0.2) is 0 Å². The third-order valence-electron chi connectivity index (χ3n) is 4.76. The maximum atomic E-state index is 11.6. The van der Waals surface area contributed by atoms with Crippen LogP contribution in [-0.4, -0.2) is 41.3 Å². The second-order valence-electron chi connectivity index (χ2n) is 6.30. The van der Waals surface area contributed by atoms with Crippen LogP contribution in [0.5, 0.6) is 0 Å². The highest BCUT2D eigenvalue weighted by Gasteiger charge is 2.20. The number of rotatable bonds is 3. The summed E-state index contributed by atoms with van der Waals surface area (Å²) < 4.78 is 0. The lowest BCUT2D eigenvalue weighted by molar-refractivity contribution is 0.250. The summed E-state index contributed by atoms with van der Waals surface area (Å²) in [6.07, 6.45) is 1.63. The van der Waals surface area contributed by atoms with Crippen molar-refractivity contribution in [3.05, 3.63) is 69.6 Å². The molecule has 1 aliphatic rings. The average molecular weight is 355 g/mol. The first kappa shape index (κ1) is 16.1. The summed E-state index contributed by atoms with van der Waals surface area (Å²) in [6, 6.07) is 15.0. The van der Waals surface area contributed by atoms with Gasteiger partial charge in [0.2, 0.25) is 0 Å². The Morgan fingerprint density at radius 2 is 1.80 bits per heavy atom. The van der Waals surface area contributed by atoms with Gasteiger partial charge in [-0.05, 0) is 16.3 Å². The Bertz CT molecular complexity index is 942. The normalized spacial score (nSPS) is 15.6. The molecule has 1 saturated heterocycles. The van der Waals surface area contributed by atoms with Gasteiger partial charge in [0.1, 0.15) is 5.02 Å². The van der Waals surface area contributed by atoms with Gasteiger partial charge < -0.3 is 4.90 Å². The minimum atomic E-state index is -0.336. The largest absolute Gasteiger partial charge is 0.366 e. The van der Waals surface area contributed by atoms with Crippen molar-refractivity contribution < 1.29 is 0 Å². The Kier molecular flexibility index (Phi) is 4.42. The first-order chi connectivity index (χ1) is 12.2. The summed E-state index contributed by atoms with van der Waals surface area (Å²) in [5, 5.41) is 9.04. The van der Waals surface area contributed by atoms with E-state index in [1.54, 1.807) is 6.20 Å². The smallest absolute Gasteiger partial charge is 0.285 e. The van der Waals surface area contributed by atoms with Gasteiger partial charge in [-0.3, -0.25) is 9.69 Å². The van der Waals surface area contributed by atoms with Crippen LogP contribution in [0.1, 0.15) is 5.56 Å². The highest BCUT2D eigenvalue weighted by atomic mass is 35.5. The predicted molar refractivity (Wildman–Crippen MR) is 101 cm³/mol. The lowest BCUT2D eigenvalue weighted by atomic mass is 10.0. The average Bonchev–Trinajstić information content (AvgIpc) is 2.65. The van der Waals surface area contributed by atoms with E-state index >= 15 is 0 Å². The van der Waals surface area contributed by atoms with E-state index in [-0.39, 0.29) is 10.6 Å². The highest BCUT2D eigenvalue weighted by molar-refractivity contribution is 6.33. The van der Waals surface area contributed by atoms with Crippen LogP contribution in [0.4, 0.5) is 5.69 Å². The van der Waals surface area contributed by atoms with E-state index in [4.69, 9.17) is 11.6 Å². The molecule has 6 heteroatoms. The van der Waals surface area contributed by atoms with Crippen LogP contribution in [0.3, 0.4) is 0 Å². The molecular formula is C19H19ClN4O. The summed E-state index contributed by atoms with van der Waals surface area (Å²) in [4.78, 5) is 16.2. The molecule has 0 saturated carbocycles. The van der Waals surface area contributed by atoms with Crippen molar-refractivity contribution in [2.24, 2.45) is 0 Å². The van der Waals surface area contributed by atoms with Crippen molar-refractivity contribution in [1.29, 1.82) is 0 Å². The lowest BCUT2D eigenvalue weighted by Gasteiger charge is -2.36. The molecule has 5 nitrogen and oxygen atoms in total. The summed E-state index contributed by atoms with van der Waals surface area (Å²) in [5.74, 6) is 0. The summed E-state index contributed by atoms with van der Waals surface area (Å²) in [6.45, 7) is 4.43. The van der Waals surface area contributed by atoms with Crippen LogP contribution in [0.15, 0.2) is 53.5 Å². The first-order valence-corrected chi connectivity index (χ1v) is 8.77. The fourth-order valence-corrected chi connectivity index (χ4v) is 3.62. The minimum Gasteiger partial charge on any atom is -0.366 e. The molecule has 25 heavy (non-hydrogen) atoms. The van der Waals surface area contributed by atoms with Crippen LogP contribution in [0.2, 0.25) is 5.02 Å². The fourth-order valence-electron chi connectivity index (χ4n) is 3.41. The van der Waals surface area contributed by atoms with E-state index in [0.29, 0.717) is 0 Å². The molecule has 0 unspecified atom stereocenters. The van der Waals surface area contributed by atoms with Crippen molar-refractivity contribution in [3.63, 3.8) is 0 Å². The summed E-state index contributed by atoms with van der Waals surface area (Å²) in [5.41, 5.74) is 1.73. The lowest BCUT2D eigenvalue weighted by Crippen LogP contribution is -2.46. The van der Waals surface area contributed by atoms with Gasteiger partial charge in [0.05, 0.1) is 11.9 Å². The monoisotopic (exact) mass is 354 g/mol. The van der Waals surface area contributed by atoms with E-state index in [1.165, 1.54) is 16.3 Å². The Morgan fingerprint density at radius 1 is 1.04 bits per heavy atom. The van der Waals surface area contributed by atoms with Crippen LogP contribution >= 0.6 is 11.6 Å². The molecule has 0 spiro atoms. The minimum absolute atomic E-state index is 0.220. The molecular weight excluding hydrogens is 336 g/mol. The number of halogens is 1. The maximum absolute atomic E-state index is 11.6. The molecule has 2 heterocycles. The molecule has 0 atom stereocenters. The number of fused-ring (bicyclic) bond motifs is 1. The number of piperazine rings is 1. The van der Waals surface area contributed by atoms with E-state index < -0.39 is 0 Å². The molecule has 0 bridgehead atoms. The van der Waals surface area contributed by atoms with Gasteiger partial charge in [-0.15, -0.1) is 0 Å². The number of aromatic nitrogens is 2. The first-order valence-electron chi connectivity index (χ1n) is 8.39. The predicted octanol–water partition coefficient (Wildman–Crippen LogP) is 2.90. The molecule has 0 radical (unpaired) electrons. The zero-order valence-corrected chi connectivity index (χ0v) is 14.5. The van der Waals surface area contributed by atoms with Crippen LogP contribution in [-0.2, 0) is 6.54 Å². The molecule has 0 amide bonds. The van der Waals surface area contributed by atoms with Crippen molar-refractivity contribution in [3.8, 4) is 0 Å². The van der Waals surface area contributed by atoms with Crippen LogP contribution in [0, 0.1) is 0 Å². The van der Waals surface area contributed by atoms with Crippen LogP contribution in [0.25, 0.3) is 10.8 Å². The molecule has 1 N–H and O–H groups in total. The number of aromatic amines is 1. The summed E-state index contributed by atoms with van der Waals surface area (Å²) in [7, 11) is 0. The SMILES string of the molecule is O=c1[nH]ncc(N2CCN(Cc3cccc4ccccc34)CC2)c1Cl. The molecule has 1 aliphatic heterocycles. The van der Waals surface area contributed by atoms with E-state index in [2.05, 4.69) is 62.5 Å². The molecule has 1 fully saturated rings. The van der Waals surface area contributed by atoms with Crippen molar-refractivity contribution >= 4 is 28.1 Å². The third-order valence-corrected chi connectivity index (χ3v) is 5.13. The standard InChI is InChI=1S/C19H19ClN4O/c20-18-17(12-21-22-19(18)25)24-10-8-23(9-11-24)13-15-6-3-5-14-4-1-2-7-16(14)15/h1-7,12H,8-11,13H2,(H,22,25). The van der Waals surface area contributed by atoms with Crippen LogP contribution < -0.4 is 10.5 Å². The molecule has 1 aromatic heterocycles. The molecule has 4 rings (SSSR count). The van der Waals surface area contributed by atoms with E-state index in [1.807, 2.05) is 0 Å². The summed E-state index contributed by atoms with van der Waals surface area (Å²) >= 11 is 6.12. The van der Waals surface area contributed by atoms with Crippen molar-refractivity contribution in [2.75, 3.05) is 31.1 Å². The maximum Gasteiger partial charge on any atom is 0.285 e. The number of hydrogen-bond donors (Lipinski definition) is 1. The number of H-pyrrole nitrogens is 1. The molecule has 2 aromatic carbocycles. The number of anilines is 1. The van der Waals surface area contributed by atoms with E-state index in [9.17, 15) is 4.79 Å². The Labute approximate surface area is 150 Å². The third kappa shape index (κ3) is 3.25. The number of nitrogens with one attached hydrogen (secondary N) is 1. The molecule has 3 aromatic rings. The molecule has 128 valence electrons. The van der Waals surface area contributed by atoms with Gasteiger partial charge in [-0.1, -0.05) is 54.1 Å². The number of benzene rings is 2. The van der Waals surface area contributed by atoms with Gasteiger partial charge in [-0.25, -0.2) is 5.10 Å².